The van der Waals surface area contributed by atoms with Gasteiger partial charge >= 0.3 is 12.2 Å². The summed E-state index contributed by atoms with van der Waals surface area (Å²) in [5, 5.41) is 0. The molecule has 1 fully saturated rings. The number of aryl methyl sites for hydroxylation is 1. The number of halogens is 4. The fourth-order valence-corrected chi connectivity index (χ4v) is 3.73. The number of amides is 2. The Bertz CT molecular complexity index is 996. The Morgan fingerprint density at radius 2 is 1.97 bits per heavy atom. The van der Waals surface area contributed by atoms with E-state index in [0.717, 1.165) is 16.9 Å². The predicted molar refractivity (Wildman–Crippen MR) is 110 cm³/mol. The van der Waals surface area contributed by atoms with E-state index in [4.69, 9.17) is 0 Å². The van der Waals surface area contributed by atoms with E-state index in [9.17, 15) is 27.2 Å². The summed E-state index contributed by atoms with van der Waals surface area (Å²) >= 11 is 0. The Balaban J connectivity index is 1.78. The summed E-state index contributed by atoms with van der Waals surface area (Å²) in [6.07, 6.45) is -0.505. The average molecular weight is 452 g/mol. The molecule has 0 aliphatic carbocycles. The molecule has 0 radical (unpaired) electrons. The number of nitrogens with zero attached hydrogens (tertiary/aromatic N) is 4. The lowest BCUT2D eigenvalue weighted by atomic mass is 10.1. The number of urea groups is 1. The highest BCUT2D eigenvalue weighted by Crippen LogP contribution is 2.32. The highest BCUT2D eigenvalue weighted by molar-refractivity contribution is 5.96. The van der Waals surface area contributed by atoms with Gasteiger partial charge in [0, 0.05) is 24.6 Å². The molecule has 2 amide bonds. The summed E-state index contributed by atoms with van der Waals surface area (Å²) in [5.74, 6) is -1.95. The number of carbonyl (C=O) groups excluding carboxylic acids is 2. The van der Waals surface area contributed by atoms with Crippen molar-refractivity contribution in [2.24, 2.45) is 0 Å². The predicted octanol–water partition coefficient (Wildman–Crippen LogP) is 4.42. The number of alkyl halides is 3. The van der Waals surface area contributed by atoms with Crippen LogP contribution < -0.4 is 4.90 Å². The number of aromatic nitrogens is 2. The van der Waals surface area contributed by atoms with Crippen molar-refractivity contribution in [2.75, 3.05) is 18.0 Å². The van der Waals surface area contributed by atoms with Gasteiger partial charge in [-0.15, -0.1) is 0 Å². The van der Waals surface area contributed by atoms with E-state index in [2.05, 4.69) is 9.97 Å². The number of pyridine rings is 2. The van der Waals surface area contributed by atoms with Gasteiger partial charge in [0.05, 0.1) is 24.6 Å². The molecule has 1 aliphatic rings. The average Bonchev–Trinajstić information content (AvgIpc) is 3.03. The third-order valence-corrected chi connectivity index (χ3v) is 5.35. The van der Waals surface area contributed by atoms with Crippen molar-refractivity contribution in [2.45, 2.75) is 51.7 Å². The molecule has 0 aromatic carbocycles. The second-order valence-corrected chi connectivity index (χ2v) is 7.72. The normalized spacial score (nSPS) is 16.7. The summed E-state index contributed by atoms with van der Waals surface area (Å²) in [5.41, 5.74) is 0.406. The lowest BCUT2D eigenvalue weighted by Crippen LogP contribution is -2.39. The van der Waals surface area contributed by atoms with Crippen LogP contribution in [0.15, 0.2) is 30.6 Å². The van der Waals surface area contributed by atoms with E-state index in [1.165, 1.54) is 4.90 Å². The van der Waals surface area contributed by atoms with E-state index in [1.54, 1.807) is 6.20 Å². The first-order chi connectivity index (χ1) is 15.1. The van der Waals surface area contributed by atoms with Gasteiger partial charge in [-0.05, 0) is 36.6 Å². The molecular formula is C22H24F4N4O2. The van der Waals surface area contributed by atoms with E-state index in [-0.39, 0.29) is 31.3 Å². The SMILES string of the molecule is CCC[C@H]1CN(c2ncc(C(F)(F)F)cc2F)C(=O)N1CC(=O)Cc1cc(CC)ccn1. The number of hydrogen-bond acceptors (Lipinski definition) is 4. The fourth-order valence-electron chi connectivity index (χ4n) is 3.73. The number of Topliss-reactive ketones (excluding diaryl/α,β-unsaturated/α-hetero) is 1. The van der Waals surface area contributed by atoms with Crippen LogP contribution >= 0.6 is 0 Å². The van der Waals surface area contributed by atoms with Gasteiger partial charge in [0.15, 0.2) is 17.4 Å². The Labute approximate surface area is 183 Å². The number of ketones is 1. The zero-order valence-corrected chi connectivity index (χ0v) is 17.8. The van der Waals surface area contributed by atoms with Gasteiger partial charge in [-0.3, -0.25) is 14.7 Å². The maximum atomic E-state index is 14.4. The van der Waals surface area contributed by atoms with Crippen molar-refractivity contribution in [1.29, 1.82) is 0 Å². The molecule has 1 aliphatic heterocycles. The molecule has 1 atom stereocenters. The van der Waals surface area contributed by atoms with Gasteiger partial charge in [0.1, 0.15) is 0 Å². The molecular weight excluding hydrogens is 428 g/mol. The maximum absolute atomic E-state index is 14.4. The van der Waals surface area contributed by atoms with Gasteiger partial charge in [0.2, 0.25) is 0 Å². The highest BCUT2D eigenvalue weighted by Gasteiger charge is 2.41. The molecule has 3 heterocycles. The largest absolute Gasteiger partial charge is 0.417 e. The molecule has 6 nitrogen and oxygen atoms in total. The number of hydrogen-bond donors (Lipinski definition) is 0. The molecule has 0 N–H and O–H groups in total. The van der Waals surface area contributed by atoms with Gasteiger partial charge in [0.25, 0.3) is 0 Å². The van der Waals surface area contributed by atoms with Crippen LogP contribution in [0.4, 0.5) is 28.2 Å². The van der Waals surface area contributed by atoms with Crippen LogP contribution in [0.3, 0.4) is 0 Å². The molecule has 2 aromatic heterocycles. The molecule has 1 saturated heterocycles. The minimum absolute atomic E-state index is 0.0405. The Kier molecular flexibility index (Phi) is 7.10. The zero-order valence-electron chi connectivity index (χ0n) is 17.8. The molecule has 172 valence electrons. The zero-order chi connectivity index (χ0) is 23.5. The maximum Gasteiger partial charge on any atom is 0.417 e. The standard InChI is InChI=1S/C22H24F4N4O2/c1-3-5-17-12-30(20-19(23)9-15(11-28-20)22(24,25)26)21(32)29(17)13-18(31)10-16-8-14(4-2)6-7-27-16/h6-9,11,17H,3-5,10,12-13H2,1-2H3/t17-/m0/s1. The highest BCUT2D eigenvalue weighted by atomic mass is 19.4. The van der Waals surface area contributed by atoms with Gasteiger partial charge in [-0.25, -0.2) is 14.2 Å². The van der Waals surface area contributed by atoms with Crippen LogP contribution in [0.2, 0.25) is 0 Å². The number of anilines is 1. The first kappa shape index (κ1) is 23.6. The van der Waals surface area contributed by atoms with Crippen LogP contribution in [0, 0.1) is 5.82 Å². The van der Waals surface area contributed by atoms with Crippen molar-refractivity contribution in [1.82, 2.24) is 14.9 Å². The molecule has 0 unspecified atom stereocenters. The fraction of sp³-hybridized carbons (Fsp3) is 0.455. The molecule has 3 rings (SSSR count). The van der Waals surface area contributed by atoms with E-state index in [1.807, 2.05) is 26.0 Å². The molecule has 32 heavy (non-hydrogen) atoms. The molecule has 0 spiro atoms. The molecule has 10 heteroatoms. The Morgan fingerprint density at radius 3 is 2.59 bits per heavy atom. The van der Waals surface area contributed by atoms with Crippen molar-refractivity contribution >= 4 is 17.6 Å². The summed E-state index contributed by atoms with van der Waals surface area (Å²) in [4.78, 5) is 35.7. The van der Waals surface area contributed by atoms with Crippen LogP contribution in [0.25, 0.3) is 0 Å². The van der Waals surface area contributed by atoms with Crippen molar-refractivity contribution in [3.8, 4) is 0 Å². The minimum Gasteiger partial charge on any atom is -0.312 e. The Morgan fingerprint density at radius 1 is 1.22 bits per heavy atom. The van der Waals surface area contributed by atoms with E-state index >= 15 is 0 Å². The molecule has 2 aromatic rings. The van der Waals surface area contributed by atoms with Crippen LogP contribution in [-0.2, 0) is 23.8 Å². The van der Waals surface area contributed by atoms with Crippen LogP contribution in [-0.4, -0.2) is 45.8 Å². The molecule has 0 saturated carbocycles. The third-order valence-electron chi connectivity index (χ3n) is 5.35. The van der Waals surface area contributed by atoms with Gasteiger partial charge < -0.3 is 4.90 Å². The van der Waals surface area contributed by atoms with Crippen molar-refractivity contribution in [3.63, 3.8) is 0 Å². The molecule has 0 bridgehead atoms. The third kappa shape index (κ3) is 5.23. The summed E-state index contributed by atoms with van der Waals surface area (Å²) in [6.45, 7) is 3.74. The first-order valence-electron chi connectivity index (χ1n) is 10.4. The van der Waals surface area contributed by atoms with Gasteiger partial charge in [-0.1, -0.05) is 20.3 Å². The van der Waals surface area contributed by atoms with Crippen LogP contribution in [0.1, 0.15) is 43.5 Å². The lowest BCUT2D eigenvalue weighted by molar-refractivity contribution is -0.138. The van der Waals surface area contributed by atoms with Gasteiger partial charge in [-0.2, -0.15) is 13.2 Å². The monoisotopic (exact) mass is 452 g/mol. The topological polar surface area (TPSA) is 66.4 Å². The quantitative estimate of drug-likeness (QED) is 0.556. The lowest BCUT2D eigenvalue weighted by Gasteiger charge is -2.22. The van der Waals surface area contributed by atoms with Crippen LogP contribution in [0.5, 0.6) is 0 Å². The Hall–Kier alpha value is -3.04. The first-order valence-corrected chi connectivity index (χ1v) is 10.4. The summed E-state index contributed by atoms with van der Waals surface area (Å²) < 4.78 is 52.8. The van der Waals surface area contributed by atoms with Crippen molar-refractivity contribution < 1.29 is 27.2 Å². The number of carbonyl (C=O) groups is 2. The van der Waals surface area contributed by atoms with E-state index in [0.29, 0.717) is 30.8 Å². The number of rotatable bonds is 8. The van der Waals surface area contributed by atoms with Crippen molar-refractivity contribution in [3.05, 3.63) is 53.2 Å². The summed E-state index contributed by atoms with van der Waals surface area (Å²) in [7, 11) is 0. The second kappa shape index (κ2) is 9.62. The summed E-state index contributed by atoms with van der Waals surface area (Å²) in [6, 6.07) is 2.98. The van der Waals surface area contributed by atoms with E-state index < -0.39 is 29.4 Å². The smallest absolute Gasteiger partial charge is 0.312 e. The second-order valence-electron chi connectivity index (χ2n) is 7.72. The minimum atomic E-state index is -4.74.